The summed E-state index contributed by atoms with van der Waals surface area (Å²) in [5.41, 5.74) is 1.88. The van der Waals surface area contributed by atoms with Gasteiger partial charge in [-0.3, -0.25) is 4.79 Å². The lowest BCUT2D eigenvalue weighted by Gasteiger charge is -2.10. The molecule has 0 aliphatic rings. The molecule has 0 aliphatic carbocycles. The van der Waals surface area contributed by atoms with Crippen LogP contribution in [0.1, 0.15) is 0 Å². The number of hydrogen-bond acceptors (Lipinski definition) is 3. The normalized spacial score (nSPS) is 10.5. The van der Waals surface area contributed by atoms with Crippen LogP contribution >= 0.6 is 0 Å². The molecule has 98 valence electrons. The average Bonchev–Trinajstić information content (AvgIpc) is 2.39. The molecule has 4 heteroatoms. The number of hydrogen-bond donors (Lipinski definition) is 1. The van der Waals surface area contributed by atoms with Gasteiger partial charge in [0.05, 0.1) is 12.2 Å². The van der Waals surface area contributed by atoms with E-state index in [1.165, 1.54) is 0 Å². The van der Waals surface area contributed by atoms with E-state index in [2.05, 4.69) is 10.3 Å². The van der Waals surface area contributed by atoms with Crippen LogP contribution in [0.15, 0.2) is 48.5 Å². The van der Waals surface area contributed by atoms with Crippen molar-refractivity contribution in [3.63, 3.8) is 0 Å². The van der Waals surface area contributed by atoms with Crippen molar-refractivity contribution in [1.29, 1.82) is 0 Å². The van der Waals surface area contributed by atoms with Crippen molar-refractivity contribution in [1.82, 2.24) is 9.88 Å². The van der Waals surface area contributed by atoms with Crippen LogP contribution in [0.4, 0.5) is 5.82 Å². The predicted octanol–water partition coefficient (Wildman–Crippen LogP) is 2.25. The van der Waals surface area contributed by atoms with E-state index in [-0.39, 0.29) is 5.91 Å². The first-order valence-electron chi connectivity index (χ1n) is 6.12. The zero-order chi connectivity index (χ0) is 13.7. The van der Waals surface area contributed by atoms with Gasteiger partial charge in [-0.05, 0) is 26.2 Å². The van der Waals surface area contributed by atoms with Crippen LogP contribution in [-0.4, -0.2) is 36.4 Å². The fourth-order valence-corrected chi connectivity index (χ4v) is 1.74. The van der Waals surface area contributed by atoms with Crippen LogP contribution in [0.25, 0.3) is 11.3 Å². The average molecular weight is 255 g/mol. The van der Waals surface area contributed by atoms with E-state index in [0.29, 0.717) is 12.4 Å². The van der Waals surface area contributed by atoms with Gasteiger partial charge in [0.25, 0.3) is 0 Å². The van der Waals surface area contributed by atoms with Crippen LogP contribution in [0.5, 0.6) is 0 Å². The third-order valence-corrected chi connectivity index (χ3v) is 2.55. The highest BCUT2D eigenvalue weighted by Crippen LogP contribution is 2.18. The molecule has 0 aliphatic heterocycles. The van der Waals surface area contributed by atoms with Crippen molar-refractivity contribution in [3.8, 4) is 11.3 Å². The number of nitrogens with one attached hydrogen (secondary N) is 1. The zero-order valence-electron chi connectivity index (χ0n) is 11.1. The van der Waals surface area contributed by atoms with Crippen LogP contribution in [-0.2, 0) is 4.79 Å². The van der Waals surface area contributed by atoms with Crippen molar-refractivity contribution in [2.45, 2.75) is 0 Å². The third-order valence-electron chi connectivity index (χ3n) is 2.55. The van der Waals surface area contributed by atoms with Gasteiger partial charge in [-0.15, -0.1) is 0 Å². The van der Waals surface area contributed by atoms with Gasteiger partial charge in [0.1, 0.15) is 5.82 Å². The van der Waals surface area contributed by atoms with Gasteiger partial charge in [0.15, 0.2) is 0 Å². The van der Waals surface area contributed by atoms with Crippen molar-refractivity contribution in [3.05, 3.63) is 48.5 Å². The monoisotopic (exact) mass is 255 g/mol. The Balaban J connectivity index is 2.14. The van der Waals surface area contributed by atoms with Crippen molar-refractivity contribution in [2.75, 3.05) is 26.0 Å². The Kier molecular flexibility index (Phi) is 4.26. The van der Waals surface area contributed by atoms with Crippen LogP contribution in [0.3, 0.4) is 0 Å². The Labute approximate surface area is 113 Å². The quantitative estimate of drug-likeness (QED) is 0.911. The summed E-state index contributed by atoms with van der Waals surface area (Å²) in [7, 11) is 3.71. The highest BCUT2D eigenvalue weighted by molar-refractivity contribution is 5.91. The number of anilines is 1. The molecule has 19 heavy (non-hydrogen) atoms. The molecule has 2 rings (SSSR count). The highest BCUT2D eigenvalue weighted by atomic mass is 16.2. The molecule has 1 aromatic carbocycles. The summed E-state index contributed by atoms with van der Waals surface area (Å²) in [6, 6.07) is 15.5. The maximum Gasteiger partial charge on any atom is 0.239 e. The molecule has 0 saturated heterocycles. The second-order valence-electron chi connectivity index (χ2n) is 4.56. The predicted molar refractivity (Wildman–Crippen MR) is 76.9 cm³/mol. The first-order chi connectivity index (χ1) is 9.15. The second kappa shape index (κ2) is 6.11. The fraction of sp³-hybridized carbons (Fsp3) is 0.200. The molecule has 4 nitrogen and oxygen atoms in total. The Morgan fingerprint density at radius 2 is 1.84 bits per heavy atom. The highest BCUT2D eigenvalue weighted by Gasteiger charge is 2.05. The Morgan fingerprint density at radius 3 is 2.53 bits per heavy atom. The maximum absolute atomic E-state index is 11.7. The van der Waals surface area contributed by atoms with Crippen molar-refractivity contribution >= 4 is 11.7 Å². The molecule has 0 saturated carbocycles. The van der Waals surface area contributed by atoms with E-state index in [1.807, 2.05) is 61.5 Å². The molecule has 0 fully saturated rings. The van der Waals surface area contributed by atoms with Crippen LogP contribution in [0.2, 0.25) is 0 Å². The Morgan fingerprint density at radius 1 is 1.11 bits per heavy atom. The summed E-state index contributed by atoms with van der Waals surface area (Å²) in [5, 5.41) is 2.79. The number of aromatic nitrogens is 1. The lowest BCUT2D eigenvalue weighted by molar-refractivity contribution is -0.116. The summed E-state index contributed by atoms with van der Waals surface area (Å²) >= 11 is 0. The number of likely N-dealkylation sites (N-methyl/N-ethyl adjacent to an activating group) is 1. The summed E-state index contributed by atoms with van der Waals surface area (Å²) in [6.45, 7) is 0.344. The van der Waals surface area contributed by atoms with Gasteiger partial charge in [-0.2, -0.15) is 0 Å². The first-order valence-corrected chi connectivity index (χ1v) is 6.12. The van der Waals surface area contributed by atoms with Gasteiger partial charge < -0.3 is 10.2 Å². The Hall–Kier alpha value is -2.20. The number of amides is 1. The van der Waals surface area contributed by atoms with Crippen molar-refractivity contribution < 1.29 is 4.79 Å². The van der Waals surface area contributed by atoms with Crippen molar-refractivity contribution in [2.24, 2.45) is 0 Å². The van der Waals surface area contributed by atoms with Gasteiger partial charge in [0.2, 0.25) is 5.91 Å². The lowest BCUT2D eigenvalue weighted by atomic mass is 10.1. The summed E-state index contributed by atoms with van der Waals surface area (Å²) in [5.74, 6) is 0.510. The van der Waals surface area contributed by atoms with E-state index < -0.39 is 0 Å². The standard InChI is InChI=1S/C15H17N3O/c1-18(2)11-15(19)17-14-10-6-9-13(16-14)12-7-4-3-5-8-12/h3-10H,11H2,1-2H3,(H,16,17,19). The largest absolute Gasteiger partial charge is 0.310 e. The number of nitrogens with zero attached hydrogens (tertiary/aromatic N) is 2. The maximum atomic E-state index is 11.7. The zero-order valence-corrected chi connectivity index (χ0v) is 11.1. The minimum Gasteiger partial charge on any atom is -0.310 e. The van der Waals surface area contributed by atoms with E-state index >= 15 is 0 Å². The molecule has 1 aromatic heterocycles. The molecule has 0 bridgehead atoms. The molecule has 1 amide bonds. The molecule has 2 aromatic rings. The van der Waals surface area contributed by atoms with Crippen LogP contribution in [0, 0.1) is 0 Å². The molecule has 0 spiro atoms. The lowest BCUT2D eigenvalue weighted by Crippen LogP contribution is -2.27. The third kappa shape index (κ3) is 3.89. The number of carbonyl (C=O) groups excluding carboxylic acids is 1. The SMILES string of the molecule is CN(C)CC(=O)Nc1cccc(-c2ccccc2)n1. The molecular formula is C15H17N3O. The van der Waals surface area contributed by atoms with E-state index in [4.69, 9.17) is 0 Å². The molecular weight excluding hydrogens is 238 g/mol. The minimum absolute atomic E-state index is 0.0669. The number of pyridine rings is 1. The smallest absolute Gasteiger partial charge is 0.239 e. The van der Waals surface area contributed by atoms with E-state index in [1.54, 1.807) is 6.07 Å². The summed E-state index contributed by atoms with van der Waals surface area (Å²) in [4.78, 5) is 17.9. The fourth-order valence-electron chi connectivity index (χ4n) is 1.74. The van der Waals surface area contributed by atoms with Gasteiger partial charge in [-0.1, -0.05) is 36.4 Å². The topological polar surface area (TPSA) is 45.2 Å². The second-order valence-corrected chi connectivity index (χ2v) is 4.56. The van der Waals surface area contributed by atoms with Gasteiger partial charge in [-0.25, -0.2) is 4.98 Å². The number of carbonyl (C=O) groups is 1. The van der Waals surface area contributed by atoms with E-state index in [0.717, 1.165) is 11.3 Å². The molecule has 1 N–H and O–H groups in total. The van der Waals surface area contributed by atoms with Gasteiger partial charge in [0, 0.05) is 5.56 Å². The summed E-state index contributed by atoms with van der Waals surface area (Å²) in [6.07, 6.45) is 0. The number of rotatable bonds is 4. The molecule has 0 atom stereocenters. The first kappa shape index (κ1) is 13.2. The van der Waals surface area contributed by atoms with Crippen LogP contribution < -0.4 is 5.32 Å². The minimum atomic E-state index is -0.0669. The molecule has 1 heterocycles. The van der Waals surface area contributed by atoms with Gasteiger partial charge >= 0.3 is 0 Å². The summed E-state index contributed by atoms with van der Waals surface area (Å²) < 4.78 is 0. The Bertz CT molecular complexity index is 552. The molecule has 0 unspecified atom stereocenters. The van der Waals surface area contributed by atoms with E-state index in [9.17, 15) is 4.79 Å². The number of benzene rings is 1. The molecule has 0 radical (unpaired) electrons.